The molecule has 0 bridgehead atoms. The minimum Gasteiger partial charge on any atom is -0.354 e. The van der Waals surface area contributed by atoms with Gasteiger partial charge in [-0.2, -0.15) is 0 Å². The van der Waals surface area contributed by atoms with Gasteiger partial charge in [0.05, 0.1) is 6.17 Å². The van der Waals surface area contributed by atoms with Crippen molar-refractivity contribution in [2.24, 2.45) is 0 Å². The molecule has 0 amide bonds. The fourth-order valence-corrected chi connectivity index (χ4v) is 2.55. The van der Waals surface area contributed by atoms with Gasteiger partial charge in [0, 0.05) is 31.9 Å². The number of nitrogens with zero attached hydrogens (tertiary/aromatic N) is 1. The SMILES string of the molecule is c1ccc2c(c1)CCN2C1CNCCN1. The van der Waals surface area contributed by atoms with Crippen molar-refractivity contribution < 1.29 is 0 Å². The molecule has 0 radical (unpaired) electrons. The van der Waals surface area contributed by atoms with Gasteiger partial charge in [0.15, 0.2) is 0 Å². The number of fused-ring (bicyclic) bond motifs is 1. The van der Waals surface area contributed by atoms with Crippen molar-refractivity contribution in [1.29, 1.82) is 0 Å². The quantitative estimate of drug-likeness (QED) is 0.698. The van der Waals surface area contributed by atoms with Crippen molar-refractivity contribution in [2.45, 2.75) is 12.6 Å². The number of nitrogens with one attached hydrogen (secondary N) is 2. The van der Waals surface area contributed by atoms with Gasteiger partial charge < -0.3 is 10.2 Å². The minimum absolute atomic E-state index is 0.474. The molecule has 0 spiro atoms. The van der Waals surface area contributed by atoms with E-state index in [1.165, 1.54) is 17.7 Å². The Balaban J connectivity index is 1.83. The summed E-state index contributed by atoms with van der Waals surface area (Å²) < 4.78 is 0. The summed E-state index contributed by atoms with van der Waals surface area (Å²) in [5.41, 5.74) is 2.91. The molecule has 80 valence electrons. The standard InChI is InChI=1S/C12H17N3/c1-2-4-11-10(3-1)5-8-15(11)12-9-13-6-7-14-12/h1-4,12-14H,5-9H2. The molecule has 1 aromatic rings. The van der Waals surface area contributed by atoms with E-state index >= 15 is 0 Å². The molecule has 3 rings (SSSR count). The molecule has 0 saturated carbocycles. The molecule has 2 heterocycles. The summed E-state index contributed by atoms with van der Waals surface area (Å²) in [4.78, 5) is 2.49. The normalized spacial score (nSPS) is 25.3. The second kappa shape index (κ2) is 3.83. The summed E-state index contributed by atoms with van der Waals surface area (Å²) in [5, 5.41) is 7.00. The molecule has 1 aromatic carbocycles. The highest BCUT2D eigenvalue weighted by Crippen LogP contribution is 2.28. The Morgan fingerprint density at radius 3 is 3.00 bits per heavy atom. The summed E-state index contributed by atoms with van der Waals surface area (Å²) in [5.74, 6) is 0. The van der Waals surface area contributed by atoms with E-state index in [-0.39, 0.29) is 0 Å². The van der Waals surface area contributed by atoms with Gasteiger partial charge in [-0.3, -0.25) is 5.32 Å². The molecule has 3 nitrogen and oxygen atoms in total. The maximum Gasteiger partial charge on any atom is 0.0923 e. The van der Waals surface area contributed by atoms with Crippen LogP contribution >= 0.6 is 0 Å². The number of para-hydroxylation sites is 1. The predicted molar refractivity (Wildman–Crippen MR) is 62.2 cm³/mol. The summed E-state index contributed by atoms with van der Waals surface area (Å²) in [7, 11) is 0. The van der Waals surface area contributed by atoms with Crippen LogP contribution in [0.3, 0.4) is 0 Å². The van der Waals surface area contributed by atoms with Crippen LogP contribution in [-0.4, -0.2) is 32.3 Å². The third-order valence-corrected chi connectivity index (χ3v) is 3.32. The van der Waals surface area contributed by atoms with Gasteiger partial charge in [-0.05, 0) is 18.1 Å². The molecule has 1 atom stereocenters. The second-order valence-corrected chi connectivity index (χ2v) is 4.25. The maximum absolute atomic E-state index is 3.57. The van der Waals surface area contributed by atoms with Crippen LogP contribution in [-0.2, 0) is 6.42 Å². The zero-order chi connectivity index (χ0) is 10.1. The summed E-state index contributed by atoms with van der Waals surface area (Å²) >= 11 is 0. The van der Waals surface area contributed by atoms with Crippen molar-refractivity contribution >= 4 is 5.69 Å². The lowest BCUT2D eigenvalue weighted by Gasteiger charge is -2.34. The van der Waals surface area contributed by atoms with E-state index < -0.39 is 0 Å². The Bertz CT molecular complexity index is 344. The second-order valence-electron chi connectivity index (χ2n) is 4.25. The molecule has 0 aromatic heterocycles. The van der Waals surface area contributed by atoms with E-state index in [2.05, 4.69) is 39.8 Å². The molecule has 15 heavy (non-hydrogen) atoms. The van der Waals surface area contributed by atoms with E-state index in [0.29, 0.717) is 6.17 Å². The number of hydrogen-bond acceptors (Lipinski definition) is 3. The highest BCUT2D eigenvalue weighted by atomic mass is 15.3. The number of hydrogen-bond donors (Lipinski definition) is 2. The van der Waals surface area contributed by atoms with Crippen LogP contribution < -0.4 is 15.5 Å². The van der Waals surface area contributed by atoms with Gasteiger partial charge in [0.25, 0.3) is 0 Å². The van der Waals surface area contributed by atoms with Gasteiger partial charge in [-0.15, -0.1) is 0 Å². The van der Waals surface area contributed by atoms with Crippen LogP contribution in [0.1, 0.15) is 5.56 Å². The number of anilines is 1. The van der Waals surface area contributed by atoms with Gasteiger partial charge in [0.1, 0.15) is 0 Å². The minimum atomic E-state index is 0.474. The molecule has 2 aliphatic heterocycles. The Hall–Kier alpha value is -1.06. The third kappa shape index (κ3) is 1.62. The first-order chi connectivity index (χ1) is 7.45. The van der Waals surface area contributed by atoms with Crippen LogP contribution in [0.2, 0.25) is 0 Å². The molecule has 1 unspecified atom stereocenters. The first kappa shape index (κ1) is 9.19. The molecule has 1 fully saturated rings. The monoisotopic (exact) mass is 203 g/mol. The van der Waals surface area contributed by atoms with Crippen molar-refractivity contribution in [1.82, 2.24) is 10.6 Å². The fourth-order valence-electron chi connectivity index (χ4n) is 2.55. The van der Waals surface area contributed by atoms with E-state index in [4.69, 9.17) is 0 Å². The average Bonchev–Trinajstić information content (AvgIpc) is 2.74. The van der Waals surface area contributed by atoms with Crippen LogP contribution in [0.25, 0.3) is 0 Å². The van der Waals surface area contributed by atoms with Crippen LogP contribution in [0, 0.1) is 0 Å². The molecule has 0 aliphatic carbocycles. The zero-order valence-electron chi connectivity index (χ0n) is 8.87. The Morgan fingerprint density at radius 1 is 1.20 bits per heavy atom. The van der Waals surface area contributed by atoms with Crippen LogP contribution in [0.5, 0.6) is 0 Å². The van der Waals surface area contributed by atoms with Crippen LogP contribution in [0.15, 0.2) is 24.3 Å². The number of benzene rings is 1. The molecule has 1 saturated heterocycles. The maximum atomic E-state index is 3.57. The Morgan fingerprint density at radius 2 is 2.13 bits per heavy atom. The first-order valence-electron chi connectivity index (χ1n) is 5.74. The summed E-state index contributed by atoms with van der Waals surface area (Å²) in [6.07, 6.45) is 1.66. The molecular formula is C12H17N3. The lowest BCUT2D eigenvalue weighted by molar-refractivity contribution is 0.407. The Labute approximate surface area is 90.5 Å². The van der Waals surface area contributed by atoms with Gasteiger partial charge in [-0.1, -0.05) is 18.2 Å². The van der Waals surface area contributed by atoms with Crippen molar-refractivity contribution in [3.63, 3.8) is 0 Å². The Kier molecular flexibility index (Phi) is 2.35. The molecule has 2 aliphatic rings. The predicted octanol–water partition coefficient (Wildman–Crippen LogP) is 0.568. The highest BCUT2D eigenvalue weighted by Gasteiger charge is 2.26. The number of piperazine rings is 1. The molecule has 2 N–H and O–H groups in total. The topological polar surface area (TPSA) is 27.3 Å². The van der Waals surface area contributed by atoms with E-state index in [0.717, 1.165) is 26.2 Å². The zero-order valence-corrected chi connectivity index (χ0v) is 8.87. The lowest BCUT2D eigenvalue weighted by atomic mass is 10.2. The van der Waals surface area contributed by atoms with Gasteiger partial charge >= 0.3 is 0 Å². The number of rotatable bonds is 1. The van der Waals surface area contributed by atoms with Crippen molar-refractivity contribution in [2.75, 3.05) is 31.1 Å². The van der Waals surface area contributed by atoms with E-state index in [1.807, 2.05) is 0 Å². The van der Waals surface area contributed by atoms with Crippen LogP contribution in [0.4, 0.5) is 5.69 Å². The molecular weight excluding hydrogens is 186 g/mol. The molecule has 3 heteroatoms. The first-order valence-corrected chi connectivity index (χ1v) is 5.74. The lowest BCUT2D eigenvalue weighted by Crippen LogP contribution is -2.57. The summed E-state index contributed by atoms with van der Waals surface area (Å²) in [6.45, 7) is 4.36. The largest absolute Gasteiger partial charge is 0.354 e. The fraction of sp³-hybridized carbons (Fsp3) is 0.500. The van der Waals surface area contributed by atoms with E-state index in [9.17, 15) is 0 Å². The smallest absolute Gasteiger partial charge is 0.0923 e. The van der Waals surface area contributed by atoms with Gasteiger partial charge in [-0.25, -0.2) is 0 Å². The average molecular weight is 203 g/mol. The third-order valence-electron chi connectivity index (χ3n) is 3.32. The van der Waals surface area contributed by atoms with Crippen molar-refractivity contribution in [3.05, 3.63) is 29.8 Å². The highest BCUT2D eigenvalue weighted by molar-refractivity contribution is 5.58. The summed E-state index contributed by atoms with van der Waals surface area (Å²) in [6, 6.07) is 8.74. The van der Waals surface area contributed by atoms with E-state index in [1.54, 1.807) is 0 Å². The van der Waals surface area contributed by atoms with Crippen molar-refractivity contribution in [3.8, 4) is 0 Å². The van der Waals surface area contributed by atoms with Gasteiger partial charge in [0.2, 0.25) is 0 Å².